The van der Waals surface area contributed by atoms with Crippen molar-refractivity contribution in [2.75, 3.05) is 11.9 Å². The Morgan fingerprint density at radius 1 is 1.29 bits per heavy atom. The van der Waals surface area contributed by atoms with Gasteiger partial charge in [-0.2, -0.15) is 0 Å². The molecule has 0 radical (unpaired) electrons. The topological polar surface area (TPSA) is 9.23 Å². The smallest absolute Gasteiger partial charge is 0.0716 e. The van der Waals surface area contributed by atoms with Gasteiger partial charge in [-0.25, -0.2) is 0 Å². The van der Waals surface area contributed by atoms with Gasteiger partial charge >= 0.3 is 0 Å². The van der Waals surface area contributed by atoms with Gasteiger partial charge < -0.3 is 4.74 Å². The second-order valence-electron chi connectivity index (χ2n) is 3.59. The number of benzene rings is 1. The maximum atomic E-state index is 5.57. The molecule has 14 heavy (non-hydrogen) atoms. The summed E-state index contributed by atoms with van der Waals surface area (Å²) in [5, 5.41) is 1.06. The van der Waals surface area contributed by atoms with Crippen molar-refractivity contribution < 1.29 is 4.74 Å². The molecular weight excluding hydrogens is 240 g/mol. The van der Waals surface area contributed by atoms with Crippen molar-refractivity contribution in [1.82, 2.24) is 0 Å². The molecule has 0 aliphatic rings. The molecule has 1 aromatic carbocycles. The predicted molar refractivity (Wildman–Crippen MR) is 63.7 cm³/mol. The van der Waals surface area contributed by atoms with Crippen molar-refractivity contribution in [3.05, 3.63) is 35.9 Å². The number of rotatable bonds is 6. The first-order valence-electron chi connectivity index (χ1n) is 5.00. The molecule has 78 valence electrons. The maximum absolute atomic E-state index is 5.57. The first kappa shape index (κ1) is 11.7. The SMILES string of the molecule is CC(CBr)CCOCc1ccccc1. The molecule has 0 bridgehead atoms. The highest BCUT2D eigenvalue weighted by molar-refractivity contribution is 9.09. The molecule has 2 heteroatoms. The Kier molecular flexibility index (Phi) is 5.88. The van der Waals surface area contributed by atoms with Gasteiger partial charge in [0, 0.05) is 11.9 Å². The first-order valence-corrected chi connectivity index (χ1v) is 6.12. The molecule has 1 unspecified atom stereocenters. The van der Waals surface area contributed by atoms with Crippen LogP contribution in [0.1, 0.15) is 18.9 Å². The molecule has 0 spiro atoms. The number of hydrogen-bond acceptors (Lipinski definition) is 1. The van der Waals surface area contributed by atoms with E-state index in [-0.39, 0.29) is 0 Å². The Hall–Kier alpha value is -0.340. The van der Waals surface area contributed by atoms with Gasteiger partial charge in [-0.05, 0) is 17.9 Å². The lowest BCUT2D eigenvalue weighted by Gasteiger charge is -2.07. The van der Waals surface area contributed by atoms with Crippen molar-refractivity contribution >= 4 is 15.9 Å². The fourth-order valence-electron chi connectivity index (χ4n) is 1.13. The molecule has 0 aromatic heterocycles. The van der Waals surface area contributed by atoms with Gasteiger partial charge in [-0.3, -0.25) is 0 Å². The lowest BCUT2D eigenvalue weighted by Crippen LogP contribution is -2.02. The normalized spacial score (nSPS) is 12.7. The summed E-state index contributed by atoms with van der Waals surface area (Å²) in [7, 11) is 0. The van der Waals surface area contributed by atoms with Crippen LogP contribution in [0, 0.1) is 5.92 Å². The van der Waals surface area contributed by atoms with Gasteiger partial charge in [0.2, 0.25) is 0 Å². The fourth-order valence-corrected chi connectivity index (χ4v) is 1.45. The lowest BCUT2D eigenvalue weighted by atomic mass is 10.1. The molecule has 1 nitrogen and oxygen atoms in total. The van der Waals surface area contributed by atoms with Crippen LogP contribution in [0.5, 0.6) is 0 Å². The van der Waals surface area contributed by atoms with Gasteiger partial charge in [0.15, 0.2) is 0 Å². The number of halogens is 1. The summed E-state index contributed by atoms with van der Waals surface area (Å²) < 4.78 is 5.57. The van der Waals surface area contributed by atoms with Crippen LogP contribution in [0.2, 0.25) is 0 Å². The number of hydrogen-bond donors (Lipinski definition) is 0. The Labute approximate surface area is 94.6 Å². The Morgan fingerprint density at radius 2 is 2.00 bits per heavy atom. The summed E-state index contributed by atoms with van der Waals surface area (Å²) in [6.07, 6.45) is 1.12. The monoisotopic (exact) mass is 256 g/mol. The predicted octanol–water partition coefficient (Wildman–Crippen LogP) is 3.62. The lowest BCUT2D eigenvalue weighted by molar-refractivity contribution is 0.111. The van der Waals surface area contributed by atoms with Crippen LogP contribution in [0.3, 0.4) is 0 Å². The number of ether oxygens (including phenoxy) is 1. The van der Waals surface area contributed by atoms with Gasteiger partial charge in [0.25, 0.3) is 0 Å². The molecule has 0 saturated heterocycles. The molecule has 0 N–H and O–H groups in total. The van der Waals surface area contributed by atoms with Crippen LogP contribution in [-0.4, -0.2) is 11.9 Å². The van der Waals surface area contributed by atoms with Crippen LogP contribution < -0.4 is 0 Å². The van der Waals surface area contributed by atoms with Crippen molar-refractivity contribution in [1.29, 1.82) is 0 Å². The van der Waals surface area contributed by atoms with E-state index in [9.17, 15) is 0 Å². The summed E-state index contributed by atoms with van der Waals surface area (Å²) in [4.78, 5) is 0. The minimum absolute atomic E-state index is 0.700. The first-order chi connectivity index (χ1) is 6.83. The van der Waals surface area contributed by atoms with E-state index >= 15 is 0 Å². The average molecular weight is 257 g/mol. The molecule has 1 atom stereocenters. The van der Waals surface area contributed by atoms with Gasteiger partial charge in [-0.15, -0.1) is 0 Å². The van der Waals surface area contributed by atoms with Crippen molar-refractivity contribution in [2.24, 2.45) is 5.92 Å². The minimum atomic E-state index is 0.700. The Bertz CT molecular complexity index is 235. The molecule has 0 aliphatic heterocycles. The summed E-state index contributed by atoms with van der Waals surface area (Å²) in [6.45, 7) is 3.80. The van der Waals surface area contributed by atoms with Crippen LogP contribution in [-0.2, 0) is 11.3 Å². The molecule has 0 fully saturated rings. The van der Waals surface area contributed by atoms with Crippen molar-refractivity contribution in [2.45, 2.75) is 20.0 Å². The van der Waals surface area contributed by atoms with Crippen LogP contribution in [0.25, 0.3) is 0 Å². The van der Waals surface area contributed by atoms with E-state index in [1.54, 1.807) is 0 Å². The summed E-state index contributed by atoms with van der Waals surface area (Å²) in [5.74, 6) is 0.700. The quantitative estimate of drug-likeness (QED) is 0.558. The third-order valence-electron chi connectivity index (χ3n) is 2.13. The molecule has 0 heterocycles. The summed E-state index contributed by atoms with van der Waals surface area (Å²) in [6, 6.07) is 10.3. The van der Waals surface area contributed by atoms with Gasteiger partial charge in [0.1, 0.15) is 0 Å². The fraction of sp³-hybridized carbons (Fsp3) is 0.500. The molecule has 0 amide bonds. The largest absolute Gasteiger partial charge is 0.377 e. The van der Waals surface area contributed by atoms with Crippen molar-refractivity contribution in [3.8, 4) is 0 Å². The standard InChI is InChI=1S/C12H17BrO/c1-11(9-13)7-8-14-10-12-5-3-2-4-6-12/h2-6,11H,7-10H2,1H3. The van der Waals surface area contributed by atoms with Gasteiger partial charge in [0.05, 0.1) is 6.61 Å². The highest BCUT2D eigenvalue weighted by Gasteiger charge is 1.99. The molecule has 0 saturated carbocycles. The van der Waals surface area contributed by atoms with Crippen LogP contribution in [0.4, 0.5) is 0 Å². The van der Waals surface area contributed by atoms with E-state index in [2.05, 4.69) is 35.0 Å². The average Bonchev–Trinajstić information content (AvgIpc) is 2.25. The second kappa shape index (κ2) is 7.02. The van der Waals surface area contributed by atoms with Gasteiger partial charge in [-0.1, -0.05) is 53.2 Å². The maximum Gasteiger partial charge on any atom is 0.0716 e. The van der Waals surface area contributed by atoms with Crippen molar-refractivity contribution in [3.63, 3.8) is 0 Å². The molecule has 1 rings (SSSR count). The Balaban J connectivity index is 2.10. The van der Waals surface area contributed by atoms with E-state index < -0.39 is 0 Å². The highest BCUT2D eigenvalue weighted by atomic mass is 79.9. The van der Waals surface area contributed by atoms with Crippen LogP contribution >= 0.6 is 15.9 Å². The van der Waals surface area contributed by atoms with E-state index in [0.29, 0.717) is 5.92 Å². The summed E-state index contributed by atoms with van der Waals surface area (Å²) in [5.41, 5.74) is 1.25. The second-order valence-corrected chi connectivity index (χ2v) is 4.23. The minimum Gasteiger partial charge on any atom is -0.377 e. The van der Waals surface area contributed by atoms with E-state index in [4.69, 9.17) is 4.74 Å². The molecule has 0 aliphatic carbocycles. The van der Waals surface area contributed by atoms with E-state index in [1.165, 1.54) is 5.56 Å². The highest BCUT2D eigenvalue weighted by Crippen LogP contribution is 2.07. The zero-order valence-electron chi connectivity index (χ0n) is 8.58. The summed E-state index contributed by atoms with van der Waals surface area (Å²) >= 11 is 3.46. The van der Waals surface area contributed by atoms with Crippen LogP contribution in [0.15, 0.2) is 30.3 Å². The van der Waals surface area contributed by atoms with E-state index in [1.807, 2.05) is 18.2 Å². The third kappa shape index (κ3) is 4.77. The zero-order chi connectivity index (χ0) is 10.2. The molecule has 1 aromatic rings. The molecular formula is C12H17BrO. The van der Waals surface area contributed by atoms with E-state index in [0.717, 1.165) is 25.0 Å². The zero-order valence-corrected chi connectivity index (χ0v) is 10.2. The third-order valence-corrected chi connectivity index (χ3v) is 3.24. The Morgan fingerprint density at radius 3 is 2.64 bits per heavy atom. The number of alkyl halides is 1.